The number of aromatic nitrogens is 1. The molecule has 1 aromatic carbocycles. The van der Waals surface area contributed by atoms with Gasteiger partial charge in [0, 0.05) is 19.0 Å². The van der Waals surface area contributed by atoms with Crippen LogP contribution in [0.4, 0.5) is 0 Å². The van der Waals surface area contributed by atoms with E-state index in [-0.39, 0.29) is 5.41 Å². The second-order valence-electron chi connectivity index (χ2n) is 6.90. The number of aliphatic imine (C=N–C) groups is 1. The SMILES string of the molecule is CN=C(NCc1coc(-c2cccs2)n1)NCC1(c2ccccc2)CCC1. The molecule has 2 aromatic heterocycles. The normalized spacial score (nSPS) is 16.0. The van der Waals surface area contributed by atoms with E-state index in [1.165, 1.54) is 24.8 Å². The van der Waals surface area contributed by atoms with Crippen LogP contribution in [0.1, 0.15) is 30.5 Å². The van der Waals surface area contributed by atoms with Crippen molar-refractivity contribution in [3.05, 3.63) is 65.4 Å². The lowest BCUT2D eigenvalue weighted by atomic mass is 9.64. The van der Waals surface area contributed by atoms with Crippen LogP contribution < -0.4 is 10.6 Å². The van der Waals surface area contributed by atoms with Crippen molar-refractivity contribution in [3.63, 3.8) is 0 Å². The minimum Gasteiger partial charge on any atom is -0.443 e. The van der Waals surface area contributed by atoms with Gasteiger partial charge >= 0.3 is 0 Å². The molecular weight excluding hydrogens is 356 g/mol. The molecule has 0 unspecified atom stereocenters. The predicted octanol–water partition coefficient (Wildman–Crippen LogP) is 4.19. The lowest BCUT2D eigenvalue weighted by Crippen LogP contribution is -2.48. The second-order valence-corrected chi connectivity index (χ2v) is 7.85. The van der Waals surface area contributed by atoms with Crippen LogP contribution >= 0.6 is 11.3 Å². The van der Waals surface area contributed by atoms with Gasteiger partial charge in [-0.1, -0.05) is 42.8 Å². The maximum Gasteiger partial charge on any atom is 0.236 e. The highest BCUT2D eigenvalue weighted by Crippen LogP contribution is 2.43. The quantitative estimate of drug-likeness (QED) is 0.497. The second kappa shape index (κ2) is 7.96. The van der Waals surface area contributed by atoms with Gasteiger partial charge < -0.3 is 15.1 Å². The summed E-state index contributed by atoms with van der Waals surface area (Å²) in [5.74, 6) is 1.46. The maximum atomic E-state index is 5.57. The number of benzene rings is 1. The van der Waals surface area contributed by atoms with Crippen LogP contribution in [0, 0.1) is 0 Å². The summed E-state index contributed by atoms with van der Waals surface area (Å²) in [6.45, 7) is 1.46. The Morgan fingerprint density at radius 3 is 2.70 bits per heavy atom. The molecule has 1 aliphatic carbocycles. The molecule has 0 spiro atoms. The van der Waals surface area contributed by atoms with E-state index in [0.29, 0.717) is 12.4 Å². The summed E-state index contributed by atoms with van der Waals surface area (Å²) in [6.07, 6.45) is 5.42. The van der Waals surface area contributed by atoms with Gasteiger partial charge in [-0.25, -0.2) is 4.98 Å². The molecule has 2 heterocycles. The lowest BCUT2D eigenvalue weighted by molar-refractivity contribution is 0.244. The highest BCUT2D eigenvalue weighted by atomic mass is 32.1. The summed E-state index contributed by atoms with van der Waals surface area (Å²) in [7, 11) is 1.80. The lowest BCUT2D eigenvalue weighted by Gasteiger charge is -2.43. The number of rotatable bonds is 6. The van der Waals surface area contributed by atoms with Crippen molar-refractivity contribution < 1.29 is 4.42 Å². The largest absolute Gasteiger partial charge is 0.443 e. The maximum absolute atomic E-state index is 5.57. The first-order valence-corrected chi connectivity index (χ1v) is 10.2. The number of hydrogen-bond donors (Lipinski definition) is 2. The van der Waals surface area contributed by atoms with Crippen molar-refractivity contribution in [1.82, 2.24) is 15.6 Å². The van der Waals surface area contributed by atoms with E-state index < -0.39 is 0 Å². The first kappa shape index (κ1) is 17.8. The molecule has 1 aliphatic rings. The molecule has 5 nitrogen and oxygen atoms in total. The van der Waals surface area contributed by atoms with Gasteiger partial charge in [0.05, 0.1) is 17.1 Å². The van der Waals surface area contributed by atoms with Gasteiger partial charge in [0.1, 0.15) is 6.26 Å². The number of thiophene rings is 1. The van der Waals surface area contributed by atoms with Gasteiger partial charge in [-0.3, -0.25) is 4.99 Å². The number of hydrogen-bond acceptors (Lipinski definition) is 4. The number of guanidine groups is 1. The molecule has 4 rings (SSSR count). The van der Waals surface area contributed by atoms with Crippen molar-refractivity contribution in [3.8, 4) is 10.8 Å². The van der Waals surface area contributed by atoms with Crippen LogP contribution in [0.25, 0.3) is 10.8 Å². The van der Waals surface area contributed by atoms with Crippen molar-refractivity contribution in [2.45, 2.75) is 31.2 Å². The smallest absolute Gasteiger partial charge is 0.236 e. The standard InChI is InChI=1S/C21H24N4OS/c1-22-20(23-13-17-14-26-19(25-17)18-9-5-12-27-18)24-15-21(10-6-11-21)16-7-3-2-4-8-16/h2-5,7-9,12,14H,6,10-11,13,15H2,1H3,(H2,22,23,24). The summed E-state index contributed by atoms with van der Waals surface area (Å²) in [4.78, 5) is 9.93. The fourth-order valence-electron chi connectivity index (χ4n) is 3.51. The molecule has 0 radical (unpaired) electrons. The molecular formula is C21H24N4OS. The van der Waals surface area contributed by atoms with Crippen LogP contribution in [0.15, 0.2) is 63.5 Å². The Morgan fingerprint density at radius 1 is 1.19 bits per heavy atom. The van der Waals surface area contributed by atoms with Crippen LogP contribution in [0.5, 0.6) is 0 Å². The molecule has 2 N–H and O–H groups in total. The molecule has 1 saturated carbocycles. The van der Waals surface area contributed by atoms with Gasteiger partial charge in [0.15, 0.2) is 5.96 Å². The zero-order chi connectivity index (χ0) is 18.5. The van der Waals surface area contributed by atoms with Crippen LogP contribution in [-0.4, -0.2) is 24.5 Å². The molecule has 0 bridgehead atoms. The monoisotopic (exact) mass is 380 g/mol. The van der Waals surface area contributed by atoms with Crippen molar-refractivity contribution >= 4 is 17.3 Å². The van der Waals surface area contributed by atoms with Crippen molar-refractivity contribution in [1.29, 1.82) is 0 Å². The average molecular weight is 381 g/mol. The van der Waals surface area contributed by atoms with Crippen LogP contribution in [0.3, 0.4) is 0 Å². The third kappa shape index (κ3) is 3.90. The Labute approximate surface area is 163 Å². The summed E-state index contributed by atoms with van der Waals surface area (Å²) in [6, 6.07) is 14.8. The van der Waals surface area contributed by atoms with E-state index in [2.05, 4.69) is 50.9 Å². The summed E-state index contributed by atoms with van der Waals surface area (Å²) in [5, 5.41) is 8.85. The molecule has 0 atom stereocenters. The highest BCUT2D eigenvalue weighted by molar-refractivity contribution is 7.13. The van der Waals surface area contributed by atoms with Gasteiger partial charge in [0.2, 0.25) is 5.89 Å². The zero-order valence-electron chi connectivity index (χ0n) is 15.4. The fraction of sp³-hybridized carbons (Fsp3) is 0.333. The molecule has 0 amide bonds. The molecule has 27 heavy (non-hydrogen) atoms. The number of oxazole rings is 1. The Hall–Kier alpha value is -2.60. The van der Waals surface area contributed by atoms with Crippen LogP contribution in [0.2, 0.25) is 0 Å². The summed E-state index contributed by atoms with van der Waals surface area (Å²) >= 11 is 1.62. The third-order valence-electron chi connectivity index (χ3n) is 5.24. The topological polar surface area (TPSA) is 62.5 Å². The molecule has 6 heteroatoms. The number of nitrogens with one attached hydrogen (secondary N) is 2. The van der Waals surface area contributed by atoms with E-state index in [1.54, 1.807) is 24.6 Å². The van der Waals surface area contributed by atoms with Gasteiger partial charge in [-0.2, -0.15) is 0 Å². The van der Waals surface area contributed by atoms with E-state index in [0.717, 1.165) is 23.1 Å². The first-order valence-electron chi connectivity index (χ1n) is 9.27. The summed E-state index contributed by atoms with van der Waals surface area (Å²) in [5.41, 5.74) is 2.50. The van der Waals surface area contributed by atoms with E-state index in [4.69, 9.17) is 4.42 Å². The summed E-state index contributed by atoms with van der Waals surface area (Å²) < 4.78 is 5.57. The Balaban J connectivity index is 1.34. The number of nitrogens with zero attached hydrogens (tertiary/aromatic N) is 2. The Morgan fingerprint density at radius 2 is 2.04 bits per heavy atom. The van der Waals surface area contributed by atoms with Gasteiger partial charge in [0.25, 0.3) is 0 Å². The minimum atomic E-state index is 0.221. The van der Waals surface area contributed by atoms with Gasteiger partial charge in [-0.05, 0) is 29.9 Å². The Kier molecular flexibility index (Phi) is 5.25. The Bertz CT molecular complexity index is 882. The van der Waals surface area contributed by atoms with Crippen molar-refractivity contribution in [2.75, 3.05) is 13.6 Å². The first-order chi connectivity index (χ1) is 13.3. The van der Waals surface area contributed by atoms with E-state index in [1.807, 2.05) is 17.5 Å². The zero-order valence-corrected chi connectivity index (χ0v) is 16.3. The molecule has 0 aliphatic heterocycles. The predicted molar refractivity (Wildman–Crippen MR) is 110 cm³/mol. The fourth-order valence-corrected chi connectivity index (χ4v) is 4.17. The van der Waals surface area contributed by atoms with Gasteiger partial charge in [-0.15, -0.1) is 11.3 Å². The molecule has 1 fully saturated rings. The highest BCUT2D eigenvalue weighted by Gasteiger charge is 2.38. The molecule has 3 aromatic rings. The van der Waals surface area contributed by atoms with E-state index >= 15 is 0 Å². The van der Waals surface area contributed by atoms with Crippen molar-refractivity contribution in [2.24, 2.45) is 4.99 Å². The third-order valence-corrected chi connectivity index (χ3v) is 6.09. The molecule has 140 valence electrons. The van der Waals surface area contributed by atoms with Crippen LogP contribution in [-0.2, 0) is 12.0 Å². The minimum absolute atomic E-state index is 0.221. The molecule has 0 saturated heterocycles. The van der Waals surface area contributed by atoms with E-state index in [9.17, 15) is 0 Å². The average Bonchev–Trinajstić information content (AvgIpc) is 3.35.